The van der Waals surface area contributed by atoms with Gasteiger partial charge < -0.3 is 5.73 Å². The first-order valence-corrected chi connectivity index (χ1v) is 2.97. The summed E-state index contributed by atoms with van der Waals surface area (Å²) >= 11 is 1.15. The van der Waals surface area contributed by atoms with E-state index in [4.69, 9.17) is 5.73 Å². The summed E-state index contributed by atoms with van der Waals surface area (Å²) in [7, 11) is 0. The van der Waals surface area contributed by atoms with Crippen LogP contribution in [0.1, 0.15) is 13.8 Å². The van der Waals surface area contributed by atoms with E-state index >= 15 is 0 Å². The zero-order valence-electron chi connectivity index (χ0n) is 4.47. The van der Waals surface area contributed by atoms with Gasteiger partial charge >= 0.3 is 29.6 Å². The number of hydrogen-bond acceptors (Lipinski definition) is 2. The van der Waals surface area contributed by atoms with Gasteiger partial charge in [-0.2, -0.15) is 0 Å². The van der Waals surface area contributed by atoms with Crippen molar-refractivity contribution in [2.75, 3.05) is 0 Å². The molecule has 0 fully saturated rings. The molecular formula is C4H10NNaOS. The summed E-state index contributed by atoms with van der Waals surface area (Å²) in [6, 6.07) is 0. The Morgan fingerprint density at radius 3 is 2.00 bits per heavy atom. The van der Waals surface area contributed by atoms with E-state index in [1.807, 2.05) is 13.8 Å². The quantitative estimate of drug-likeness (QED) is 0.545. The minimum atomic E-state index is -0.296. The van der Waals surface area contributed by atoms with Gasteiger partial charge in [0.25, 0.3) is 5.24 Å². The van der Waals surface area contributed by atoms with Gasteiger partial charge in [0.2, 0.25) is 0 Å². The van der Waals surface area contributed by atoms with E-state index in [0.717, 1.165) is 11.8 Å². The van der Waals surface area contributed by atoms with E-state index in [1.165, 1.54) is 0 Å². The molecule has 0 aliphatic carbocycles. The van der Waals surface area contributed by atoms with Crippen molar-refractivity contribution in [3.8, 4) is 0 Å². The number of nitrogens with two attached hydrogens (primary N) is 1. The molecule has 0 rings (SSSR count). The molecule has 0 radical (unpaired) electrons. The van der Waals surface area contributed by atoms with Crippen LogP contribution in [0.25, 0.3) is 0 Å². The summed E-state index contributed by atoms with van der Waals surface area (Å²) in [5.74, 6) is 0. The topological polar surface area (TPSA) is 43.1 Å². The molecule has 0 saturated carbocycles. The van der Waals surface area contributed by atoms with Crippen molar-refractivity contribution in [2.24, 2.45) is 5.73 Å². The molecule has 0 unspecified atom stereocenters. The van der Waals surface area contributed by atoms with Crippen LogP contribution in [-0.4, -0.2) is 40.0 Å². The molecule has 2 nitrogen and oxygen atoms in total. The van der Waals surface area contributed by atoms with Gasteiger partial charge in [0, 0.05) is 5.25 Å². The molecule has 0 aliphatic heterocycles. The number of hydrogen-bond donors (Lipinski definition) is 1. The Bertz CT molecular complexity index is 76.4. The Labute approximate surface area is 75.9 Å². The second kappa shape index (κ2) is 5.95. The average molecular weight is 143 g/mol. The fourth-order valence-electron chi connectivity index (χ4n) is 0.232. The summed E-state index contributed by atoms with van der Waals surface area (Å²) < 4.78 is 0. The molecule has 2 N–H and O–H groups in total. The molecule has 0 aromatic rings. The van der Waals surface area contributed by atoms with Crippen molar-refractivity contribution in [3.05, 3.63) is 0 Å². The molecule has 0 aliphatic rings. The fourth-order valence-corrected chi connectivity index (χ4v) is 0.697. The van der Waals surface area contributed by atoms with Crippen LogP contribution in [0.5, 0.6) is 0 Å². The molecule has 4 heteroatoms. The Morgan fingerprint density at radius 2 is 2.00 bits per heavy atom. The second-order valence-corrected chi connectivity index (χ2v) is 3.07. The predicted molar refractivity (Wildman–Crippen MR) is 39.5 cm³/mol. The maximum absolute atomic E-state index is 9.99. The molecule has 0 saturated heterocycles. The van der Waals surface area contributed by atoms with E-state index in [0.29, 0.717) is 5.25 Å². The number of thioether (sulfide) groups is 1. The summed E-state index contributed by atoms with van der Waals surface area (Å²) in [6.45, 7) is 3.85. The normalized spacial score (nSPS) is 8.38. The van der Waals surface area contributed by atoms with Crippen LogP contribution in [0.4, 0.5) is 4.79 Å². The van der Waals surface area contributed by atoms with Crippen LogP contribution in [-0.2, 0) is 0 Å². The first kappa shape index (κ1) is 11.6. The Hall–Kier alpha value is 0.820. The molecule has 0 bridgehead atoms. The summed E-state index contributed by atoms with van der Waals surface area (Å²) in [6.07, 6.45) is 0. The molecule has 0 spiro atoms. The van der Waals surface area contributed by atoms with Crippen LogP contribution in [0.15, 0.2) is 0 Å². The summed E-state index contributed by atoms with van der Waals surface area (Å²) in [5, 5.41) is 0.0208. The van der Waals surface area contributed by atoms with Crippen LogP contribution < -0.4 is 5.73 Å². The predicted octanol–water partition coefficient (Wildman–Crippen LogP) is 0.558. The minimum absolute atomic E-state index is 0. The average Bonchev–Trinajstić information content (AvgIpc) is 1.27. The van der Waals surface area contributed by atoms with Crippen molar-refractivity contribution in [2.45, 2.75) is 19.1 Å². The third-order valence-corrected chi connectivity index (χ3v) is 1.06. The molecule has 0 atom stereocenters. The third kappa shape index (κ3) is 9.94. The molecular weight excluding hydrogens is 133 g/mol. The first-order chi connectivity index (χ1) is 3.13. The van der Waals surface area contributed by atoms with E-state index in [1.54, 1.807) is 0 Å². The number of amides is 1. The van der Waals surface area contributed by atoms with Gasteiger partial charge in [0.1, 0.15) is 0 Å². The number of carbonyl (C=O) groups excluding carboxylic acids is 1. The van der Waals surface area contributed by atoms with Gasteiger partial charge in [-0.1, -0.05) is 25.6 Å². The zero-order valence-corrected chi connectivity index (χ0v) is 5.29. The van der Waals surface area contributed by atoms with Gasteiger partial charge in [-0.25, -0.2) is 0 Å². The van der Waals surface area contributed by atoms with Gasteiger partial charge in [0.15, 0.2) is 0 Å². The van der Waals surface area contributed by atoms with Crippen molar-refractivity contribution < 1.29 is 4.79 Å². The second-order valence-electron chi connectivity index (χ2n) is 1.49. The molecule has 1 amide bonds. The molecule has 44 valence electrons. The van der Waals surface area contributed by atoms with Crippen molar-refractivity contribution in [3.63, 3.8) is 0 Å². The van der Waals surface area contributed by atoms with Crippen LogP contribution in [0, 0.1) is 0 Å². The SMILES string of the molecule is CC(C)SC(N)=O.[NaH]. The van der Waals surface area contributed by atoms with Crippen LogP contribution >= 0.6 is 11.8 Å². The van der Waals surface area contributed by atoms with E-state index in [9.17, 15) is 4.79 Å². The first-order valence-electron chi connectivity index (χ1n) is 2.09. The molecule has 0 aromatic heterocycles. The zero-order chi connectivity index (χ0) is 5.86. The Balaban J connectivity index is 0. The molecule has 0 heterocycles. The Morgan fingerprint density at radius 1 is 1.62 bits per heavy atom. The van der Waals surface area contributed by atoms with Crippen LogP contribution in [0.3, 0.4) is 0 Å². The number of rotatable bonds is 1. The molecule has 0 aromatic carbocycles. The van der Waals surface area contributed by atoms with Gasteiger partial charge in [0.05, 0.1) is 0 Å². The summed E-state index contributed by atoms with van der Waals surface area (Å²) in [4.78, 5) is 9.99. The third-order valence-electron chi connectivity index (χ3n) is 0.352. The van der Waals surface area contributed by atoms with Crippen molar-refractivity contribution >= 4 is 46.6 Å². The van der Waals surface area contributed by atoms with Gasteiger partial charge in [-0.15, -0.1) is 0 Å². The van der Waals surface area contributed by atoms with E-state index in [2.05, 4.69) is 0 Å². The number of carbonyl (C=O) groups is 1. The van der Waals surface area contributed by atoms with Gasteiger partial charge in [-0.05, 0) is 0 Å². The fraction of sp³-hybridized carbons (Fsp3) is 0.750. The maximum atomic E-state index is 9.99. The van der Waals surface area contributed by atoms with Gasteiger partial charge in [-0.3, -0.25) is 4.79 Å². The van der Waals surface area contributed by atoms with Crippen molar-refractivity contribution in [1.82, 2.24) is 0 Å². The van der Waals surface area contributed by atoms with E-state index < -0.39 is 0 Å². The summed E-state index contributed by atoms with van der Waals surface area (Å²) in [5.41, 5.74) is 4.82. The Kier molecular flexibility index (Phi) is 8.62. The standard InChI is InChI=1S/C4H9NOS.Na.H/c1-3(2)7-4(5)6;;/h3H,1-2H3,(H2,5,6);;. The van der Waals surface area contributed by atoms with Crippen molar-refractivity contribution in [1.29, 1.82) is 0 Å². The monoisotopic (exact) mass is 143 g/mol. The van der Waals surface area contributed by atoms with Crippen LogP contribution in [0.2, 0.25) is 0 Å². The van der Waals surface area contributed by atoms with E-state index in [-0.39, 0.29) is 34.8 Å². The number of primary amides is 1. The molecule has 8 heavy (non-hydrogen) atoms.